The van der Waals surface area contributed by atoms with Crippen LogP contribution in [0.5, 0.6) is 11.8 Å². The standard InChI is InChI=1S/C36H38ClFN6O3/c1-20(38)35(45)44-13-12-43(18-23(44)17-39-2)34-29-16-30(37)31(26-8-4-7-25-27-14-21(27)15-28(25)26)33(47-24-9-10-24)32(29)40-36(41-34)46-19-22-6-5-11-42(22)3/h4,7-8,16,21-24,27H,1,5-6,9-15,17-19H2,3H3/t21-,22+,23+,27-/m1/s1. The fourth-order valence-electron chi connectivity index (χ4n) is 7.82. The Kier molecular flexibility index (Phi) is 7.72. The van der Waals surface area contributed by atoms with Crippen LogP contribution in [0.15, 0.2) is 36.7 Å². The van der Waals surface area contributed by atoms with Crippen molar-refractivity contribution in [1.29, 1.82) is 0 Å². The monoisotopic (exact) mass is 656 g/mol. The average molecular weight is 657 g/mol. The second-order valence-electron chi connectivity index (χ2n) is 13.7. The Morgan fingerprint density at radius 3 is 2.79 bits per heavy atom. The number of carbonyl (C=O) groups excluding carboxylic acids is 1. The quantitative estimate of drug-likeness (QED) is 0.205. The van der Waals surface area contributed by atoms with Gasteiger partial charge in [-0.3, -0.25) is 4.79 Å². The summed E-state index contributed by atoms with van der Waals surface area (Å²) in [6, 6.07) is 8.42. The number of piperazine rings is 1. The molecule has 3 aromatic rings. The summed E-state index contributed by atoms with van der Waals surface area (Å²) in [5.74, 6) is 0.790. The van der Waals surface area contributed by atoms with Crippen molar-refractivity contribution in [1.82, 2.24) is 19.8 Å². The molecule has 0 bridgehead atoms. The van der Waals surface area contributed by atoms with Crippen molar-refractivity contribution in [2.24, 2.45) is 5.92 Å². The third-order valence-corrected chi connectivity index (χ3v) is 10.9. The number of nitrogens with zero attached hydrogens (tertiary/aromatic N) is 6. The summed E-state index contributed by atoms with van der Waals surface area (Å²) in [4.78, 5) is 31.9. The normalized spacial score (nSPS) is 25.0. The zero-order valence-corrected chi connectivity index (χ0v) is 27.3. The molecule has 47 heavy (non-hydrogen) atoms. The minimum Gasteiger partial charge on any atom is -0.487 e. The maximum absolute atomic E-state index is 14.0. The molecule has 0 N–H and O–H groups in total. The lowest BCUT2D eigenvalue weighted by molar-refractivity contribution is -0.131. The van der Waals surface area contributed by atoms with Gasteiger partial charge in [-0.1, -0.05) is 36.4 Å². The van der Waals surface area contributed by atoms with Crippen molar-refractivity contribution in [2.45, 2.75) is 62.6 Å². The minimum atomic E-state index is -1.03. The van der Waals surface area contributed by atoms with Gasteiger partial charge in [-0.25, -0.2) is 11.0 Å². The molecule has 3 heterocycles. The predicted molar refractivity (Wildman–Crippen MR) is 179 cm³/mol. The number of likely N-dealkylation sites (tertiary alicyclic amines) is 1. The van der Waals surface area contributed by atoms with E-state index >= 15 is 0 Å². The summed E-state index contributed by atoms with van der Waals surface area (Å²) >= 11 is 7.25. The smallest absolute Gasteiger partial charge is 0.319 e. The fraction of sp³-hybridized carbons (Fsp3) is 0.500. The Labute approximate surface area is 279 Å². The number of benzene rings is 2. The Bertz CT molecular complexity index is 1820. The summed E-state index contributed by atoms with van der Waals surface area (Å²) in [6.07, 6.45) is 6.48. The van der Waals surface area contributed by atoms with Crippen molar-refractivity contribution in [3.8, 4) is 22.9 Å². The molecule has 2 aromatic carbocycles. The molecular weight excluding hydrogens is 619 g/mol. The van der Waals surface area contributed by atoms with Gasteiger partial charge in [-0.15, -0.1) is 0 Å². The number of fused-ring (bicyclic) bond motifs is 4. The highest BCUT2D eigenvalue weighted by molar-refractivity contribution is 6.35. The van der Waals surface area contributed by atoms with Crippen LogP contribution < -0.4 is 14.4 Å². The van der Waals surface area contributed by atoms with Crippen molar-refractivity contribution in [2.75, 3.05) is 51.3 Å². The van der Waals surface area contributed by atoms with Crippen LogP contribution in [0.2, 0.25) is 5.02 Å². The number of amides is 1. The highest BCUT2D eigenvalue weighted by Crippen LogP contribution is 2.59. The lowest BCUT2D eigenvalue weighted by Crippen LogP contribution is -2.56. The lowest BCUT2D eigenvalue weighted by atomic mass is 9.93. The van der Waals surface area contributed by atoms with Gasteiger partial charge in [0.25, 0.3) is 5.91 Å². The largest absolute Gasteiger partial charge is 0.487 e. The van der Waals surface area contributed by atoms with Gasteiger partial charge in [-0.05, 0) is 86.7 Å². The van der Waals surface area contributed by atoms with E-state index < -0.39 is 17.8 Å². The number of aromatic nitrogens is 2. The zero-order chi connectivity index (χ0) is 32.4. The van der Waals surface area contributed by atoms with E-state index in [0.29, 0.717) is 52.5 Å². The Morgan fingerprint density at radius 2 is 2.04 bits per heavy atom. The van der Waals surface area contributed by atoms with Crippen molar-refractivity contribution in [3.63, 3.8) is 0 Å². The molecule has 0 spiro atoms. The molecule has 244 valence electrons. The molecular formula is C36H38ClFN6O3. The molecule has 5 aliphatic rings. The van der Waals surface area contributed by atoms with Crippen LogP contribution in [-0.4, -0.2) is 90.2 Å². The molecule has 2 saturated heterocycles. The molecule has 2 saturated carbocycles. The Hall–Kier alpha value is -3.94. The second kappa shape index (κ2) is 11.9. The van der Waals surface area contributed by atoms with E-state index in [0.717, 1.165) is 49.8 Å². The highest BCUT2D eigenvalue weighted by atomic mass is 35.5. The molecule has 3 aliphatic carbocycles. The lowest BCUT2D eigenvalue weighted by Gasteiger charge is -2.39. The highest BCUT2D eigenvalue weighted by Gasteiger charge is 2.46. The topological polar surface area (TPSA) is 75.4 Å². The van der Waals surface area contributed by atoms with E-state index in [-0.39, 0.29) is 37.8 Å². The van der Waals surface area contributed by atoms with E-state index in [1.165, 1.54) is 22.4 Å². The molecule has 1 amide bonds. The number of hydrogen-bond donors (Lipinski definition) is 0. The van der Waals surface area contributed by atoms with E-state index in [1.54, 1.807) is 0 Å². The zero-order valence-electron chi connectivity index (χ0n) is 26.6. The van der Waals surface area contributed by atoms with Crippen LogP contribution in [0, 0.1) is 12.5 Å². The summed E-state index contributed by atoms with van der Waals surface area (Å²) in [5, 5.41) is 1.28. The van der Waals surface area contributed by atoms with Crippen LogP contribution in [0.25, 0.3) is 26.9 Å². The minimum absolute atomic E-state index is 0.0258. The first-order valence-corrected chi connectivity index (χ1v) is 17.1. The van der Waals surface area contributed by atoms with E-state index in [2.05, 4.69) is 41.6 Å². The summed E-state index contributed by atoms with van der Waals surface area (Å²) in [5.41, 5.74) is 5.36. The van der Waals surface area contributed by atoms with Crippen molar-refractivity contribution in [3.05, 3.63) is 64.2 Å². The van der Waals surface area contributed by atoms with Gasteiger partial charge in [0.15, 0.2) is 11.6 Å². The number of halogens is 2. The number of ether oxygens (including phenoxy) is 2. The second-order valence-corrected chi connectivity index (χ2v) is 14.1. The first kappa shape index (κ1) is 30.4. The van der Waals surface area contributed by atoms with Crippen LogP contribution >= 0.6 is 11.6 Å². The maximum Gasteiger partial charge on any atom is 0.319 e. The van der Waals surface area contributed by atoms with E-state index in [9.17, 15) is 9.18 Å². The summed E-state index contributed by atoms with van der Waals surface area (Å²) < 4.78 is 27.0. The van der Waals surface area contributed by atoms with Gasteiger partial charge >= 0.3 is 6.01 Å². The Balaban J connectivity index is 1.26. The SMILES string of the molecule is [C-]#[N+]C[C@H]1CN(c2nc(OC[C@@H]3CCCN3C)nc3c(OC4CC4)c(-c4cccc5c4C[C@H]4C[C@@H]54)c(Cl)cc23)CCN1C(=O)C(=C)F. The van der Waals surface area contributed by atoms with Gasteiger partial charge in [0, 0.05) is 36.6 Å². The third-order valence-electron chi connectivity index (χ3n) is 10.6. The predicted octanol–water partition coefficient (Wildman–Crippen LogP) is 6.04. The summed E-state index contributed by atoms with van der Waals surface area (Å²) in [6.45, 7) is 13.1. The van der Waals surface area contributed by atoms with Gasteiger partial charge in [-0.2, -0.15) is 9.97 Å². The molecule has 0 unspecified atom stereocenters. The molecule has 4 atom stereocenters. The maximum atomic E-state index is 14.0. The molecule has 11 heteroatoms. The summed E-state index contributed by atoms with van der Waals surface area (Å²) in [7, 11) is 2.11. The van der Waals surface area contributed by atoms with Crippen LogP contribution in [-0.2, 0) is 11.2 Å². The Morgan fingerprint density at radius 1 is 1.19 bits per heavy atom. The molecule has 1 aromatic heterocycles. The number of anilines is 1. The van der Waals surface area contributed by atoms with Gasteiger partial charge in [0.05, 0.1) is 11.1 Å². The fourth-order valence-corrected chi connectivity index (χ4v) is 8.11. The first-order valence-electron chi connectivity index (χ1n) is 16.7. The van der Waals surface area contributed by atoms with Crippen LogP contribution in [0.3, 0.4) is 0 Å². The molecule has 8 rings (SSSR count). The number of likely N-dealkylation sites (N-methyl/N-ethyl adjacent to an activating group) is 1. The number of rotatable bonds is 9. The molecule has 4 fully saturated rings. The third kappa shape index (κ3) is 5.57. The van der Waals surface area contributed by atoms with Gasteiger partial charge < -0.3 is 29.0 Å². The number of hydrogen-bond acceptors (Lipinski definition) is 7. The van der Waals surface area contributed by atoms with Crippen molar-refractivity contribution < 1.29 is 18.7 Å². The van der Waals surface area contributed by atoms with E-state index in [4.69, 9.17) is 37.6 Å². The molecule has 0 radical (unpaired) electrons. The number of carbonyl (C=O) groups is 1. The molecule has 2 aliphatic heterocycles. The van der Waals surface area contributed by atoms with Gasteiger partial charge in [0.1, 0.15) is 24.0 Å². The first-order chi connectivity index (χ1) is 22.8. The van der Waals surface area contributed by atoms with Crippen LogP contribution in [0.1, 0.15) is 49.1 Å². The molecule has 9 nitrogen and oxygen atoms in total. The van der Waals surface area contributed by atoms with Crippen LogP contribution in [0.4, 0.5) is 10.2 Å². The van der Waals surface area contributed by atoms with E-state index in [1.807, 2.05) is 11.0 Å². The average Bonchev–Trinajstić information content (AvgIpc) is 3.97. The van der Waals surface area contributed by atoms with Gasteiger partial charge in [0.2, 0.25) is 6.54 Å². The van der Waals surface area contributed by atoms with Crippen molar-refractivity contribution >= 4 is 34.2 Å².